The van der Waals surface area contributed by atoms with Crippen molar-refractivity contribution in [3.05, 3.63) is 11.4 Å². The van der Waals surface area contributed by atoms with E-state index in [9.17, 15) is 9.59 Å². The van der Waals surface area contributed by atoms with Crippen molar-refractivity contribution < 1.29 is 14.3 Å². The summed E-state index contributed by atoms with van der Waals surface area (Å²) in [6, 6.07) is -0.637. The van der Waals surface area contributed by atoms with Crippen LogP contribution < -0.4 is 5.73 Å². The molecule has 1 aromatic heterocycles. The normalized spacial score (nSPS) is 12.2. The molecule has 0 fully saturated rings. The molecule has 0 saturated carbocycles. The molecule has 1 unspecified atom stereocenters. The molecule has 0 aromatic carbocycles. The molecule has 7 nitrogen and oxygen atoms in total. The SMILES string of the molecule is CCCc1c(C(=O)OC)nnn1C(C)C(N)=O. The highest BCUT2D eigenvalue weighted by molar-refractivity contribution is 5.88. The molecule has 7 heteroatoms. The van der Waals surface area contributed by atoms with Crippen LogP contribution in [-0.4, -0.2) is 34.0 Å². The fourth-order valence-corrected chi connectivity index (χ4v) is 1.47. The maximum atomic E-state index is 11.5. The first-order valence-electron chi connectivity index (χ1n) is 5.34. The van der Waals surface area contributed by atoms with Crippen LogP contribution in [0.1, 0.15) is 42.5 Å². The third kappa shape index (κ3) is 2.61. The highest BCUT2D eigenvalue weighted by atomic mass is 16.5. The topological polar surface area (TPSA) is 100 Å². The fourth-order valence-electron chi connectivity index (χ4n) is 1.47. The fraction of sp³-hybridized carbons (Fsp3) is 0.600. The molecule has 1 amide bonds. The van der Waals surface area contributed by atoms with E-state index in [-0.39, 0.29) is 5.69 Å². The van der Waals surface area contributed by atoms with Gasteiger partial charge in [-0.15, -0.1) is 5.10 Å². The van der Waals surface area contributed by atoms with E-state index in [4.69, 9.17) is 5.73 Å². The Labute approximate surface area is 98.9 Å². The summed E-state index contributed by atoms with van der Waals surface area (Å²) in [6.07, 6.45) is 1.37. The molecule has 94 valence electrons. The molecule has 2 N–H and O–H groups in total. The minimum atomic E-state index is -0.637. The van der Waals surface area contributed by atoms with Crippen LogP contribution in [0.25, 0.3) is 0 Å². The number of carbonyl (C=O) groups excluding carboxylic acids is 2. The monoisotopic (exact) mass is 240 g/mol. The molecular weight excluding hydrogens is 224 g/mol. The summed E-state index contributed by atoms with van der Waals surface area (Å²) in [7, 11) is 1.27. The Morgan fingerprint density at radius 2 is 2.18 bits per heavy atom. The quantitative estimate of drug-likeness (QED) is 0.734. The van der Waals surface area contributed by atoms with Gasteiger partial charge in [-0.25, -0.2) is 9.48 Å². The van der Waals surface area contributed by atoms with Crippen molar-refractivity contribution in [1.29, 1.82) is 0 Å². The van der Waals surface area contributed by atoms with Crippen molar-refractivity contribution in [3.63, 3.8) is 0 Å². The van der Waals surface area contributed by atoms with Gasteiger partial charge in [-0.1, -0.05) is 18.6 Å². The molecule has 17 heavy (non-hydrogen) atoms. The van der Waals surface area contributed by atoms with Gasteiger partial charge in [0.25, 0.3) is 0 Å². The first-order chi connectivity index (χ1) is 8.02. The maximum absolute atomic E-state index is 11.5. The molecule has 0 saturated heterocycles. The third-order valence-corrected chi connectivity index (χ3v) is 2.44. The lowest BCUT2D eigenvalue weighted by Gasteiger charge is -2.11. The van der Waals surface area contributed by atoms with E-state index in [1.807, 2.05) is 6.92 Å². The van der Waals surface area contributed by atoms with Crippen LogP contribution >= 0.6 is 0 Å². The highest BCUT2D eigenvalue weighted by Crippen LogP contribution is 2.14. The lowest BCUT2D eigenvalue weighted by molar-refractivity contribution is -0.121. The van der Waals surface area contributed by atoms with Gasteiger partial charge >= 0.3 is 5.97 Å². The minimum absolute atomic E-state index is 0.141. The Morgan fingerprint density at radius 3 is 2.65 bits per heavy atom. The Morgan fingerprint density at radius 1 is 1.53 bits per heavy atom. The summed E-state index contributed by atoms with van der Waals surface area (Å²) in [5.74, 6) is -1.08. The van der Waals surface area contributed by atoms with Crippen LogP contribution in [0.5, 0.6) is 0 Å². The van der Waals surface area contributed by atoms with Crippen LogP contribution in [0.15, 0.2) is 0 Å². The molecule has 0 aliphatic heterocycles. The van der Waals surface area contributed by atoms with E-state index < -0.39 is 17.9 Å². The molecule has 1 rings (SSSR count). The van der Waals surface area contributed by atoms with Gasteiger partial charge in [0.05, 0.1) is 12.8 Å². The summed E-state index contributed by atoms with van der Waals surface area (Å²) >= 11 is 0. The molecule has 0 bridgehead atoms. The van der Waals surface area contributed by atoms with Gasteiger partial charge in [0, 0.05) is 0 Å². The molecule has 1 atom stereocenters. The number of amides is 1. The zero-order valence-corrected chi connectivity index (χ0v) is 10.1. The first kappa shape index (κ1) is 13.1. The van der Waals surface area contributed by atoms with E-state index in [1.165, 1.54) is 11.8 Å². The van der Waals surface area contributed by atoms with Crippen LogP contribution in [0, 0.1) is 0 Å². The van der Waals surface area contributed by atoms with E-state index in [1.54, 1.807) is 6.92 Å². The highest BCUT2D eigenvalue weighted by Gasteiger charge is 2.24. The van der Waals surface area contributed by atoms with Gasteiger partial charge in [0.2, 0.25) is 5.91 Å². The van der Waals surface area contributed by atoms with Gasteiger partial charge < -0.3 is 10.5 Å². The lowest BCUT2D eigenvalue weighted by atomic mass is 10.2. The smallest absolute Gasteiger partial charge is 0.360 e. The zero-order chi connectivity index (χ0) is 13.0. The summed E-state index contributed by atoms with van der Waals surface area (Å²) in [5, 5.41) is 7.53. The van der Waals surface area contributed by atoms with E-state index in [2.05, 4.69) is 15.0 Å². The van der Waals surface area contributed by atoms with Gasteiger partial charge in [-0.3, -0.25) is 4.79 Å². The van der Waals surface area contributed by atoms with Crippen LogP contribution in [0.3, 0.4) is 0 Å². The summed E-state index contributed by atoms with van der Waals surface area (Å²) in [6.45, 7) is 3.56. The molecule has 1 heterocycles. The van der Waals surface area contributed by atoms with Crippen molar-refractivity contribution in [3.8, 4) is 0 Å². The van der Waals surface area contributed by atoms with Gasteiger partial charge in [0.15, 0.2) is 5.69 Å². The predicted molar refractivity (Wildman–Crippen MR) is 59.3 cm³/mol. The zero-order valence-electron chi connectivity index (χ0n) is 10.1. The second-order valence-corrected chi connectivity index (χ2v) is 3.65. The second-order valence-electron chi connectivity index (χ2n) is 3.65. The number of nitrogens with zero attached hydrogens (tertiary/aromatic N) is 3. The number of rotatable bonds is 5. The standard InChI is InChI=1S/C10H16N4O3/c1-4-5-7-8(10(16)17-3)12-13-14(7)6(2)9(11)15/h6H,4-5H2,1-3H3,(H2,11,15). The number of hydrogen-bond acceptors (Lipinski definition) is 5. The third-order valence-electron chi connectivity index (χ3n) is 2.44. The molecule has 0 spiro atoms. The number of methoxy groups -OCH3 is 1. The number of ether oxygens (including phenoxy) is 1. The molecule has 0 aliphatic rings. The van der Waals surface area contributed by atoms with E-state index in [0.717, 1.165) is 6.42 Å². The van der Waals surface area contributed by atoms with Crippen LogP contribution in [0.4, 0.5) is 0 Å². The molecule has 1 aromatic rings. The average Bonchev–Trinajstić information content (AvgIpc) is 2.71. The number of hydrogen-bond donors (Lipinski definition) is 1. The number of nitrogens with two attached hydrogens (primary N) is 1. The van der Waals surface area contributed by atoms with Crippen LogP contribution in [0.2, 0.25) is 0 Å². The Kier molecular flexibility index (Phi) is 4.19. The summed E-state index contributed by atoms with van der Waals surface area (Å²) < 4.78 is 5.98. The Balaban J connectivity index is 3.19. The number of primary amides is 1. The Hall–Kier alpha value is -1.92. The first-order valence-corrected chi connectivity index (χ1v) is 5.34. The average molecular weight is 240 g/mol. The van der Waals surface area contributed by atoms with Gasteiger partial charge in [-0.05, 0) is 13.3 Å². The lowest BCUT2D eigenvalue weighted by Crippen LogP contribution is -2.26. The second kappa shape index (κ2) is 5.42. The van der Waals surface area contributed by atoms with E-state index in [0.29, 0.717) is 12.1 Å². The van der Waals surface area contributed by atoms with Crippen molar-refractivity contribution >= 4 is 11.9 Å². The van der Waals surface area contributed by atoms with Gasteiger partial charge in [0.1, 0.15) is 6.04 Å². The molecular formula is C10H16N4O3. The molecule has 0 aliphatic carbocycles. The maximum Gasteiger partial charge on any atom is 0.360 e. The summed E-state index contributed by atoms with van der Waals surface area (Å²) in [5.41, 5.74) is 5.92. The van der Waals surface area contributed by atoms with Crippen molar-refractivity contribution in [2.24, 2.45) is 5.73 Å². The largest absolute Gasteiger partial charge is 0.464 e. The Bertz CT molecular complexity index is 427. The molecule has 0 radical (unpaired) electrons. The number of aromatic nitrogens is 3. The predicted octanol–water partition coefficient (Wildman–Crippen LogP) is 0.0635. The van der Waals surface area contributed by atoms with Gasteiger partial charge in [-0.2, -0.15) is 0 Å². The minimum Gasteiger partial charge on any atom is -0.464 e. The summed E-state index contributed by atoms with van der Waals surface area (Å²) in [4.78, 5) is 22.6. The van der Waals surface area contributed by atoms with Crippen molar-refractivity contribution in [2.75, 3.05) is 7.11 Å². The van der Waals surface area contributed by atoms with Crippen molar-refractivity contribution in [2.45, 2.75) is 32.7 Å². The van der Waals surface area contributed by atoms with Crippen LogP contribution in [-0.2, 0) is 16.0 Å². The van der Waals surface area contributed by atoms with E-state index >= 15 is 0 Å². The number of carbonyl (C=O) groups is 2. The van der Waals surface area contributed by atoms with Crippen molar-refractivity contribution in [1.82, 2.24) is 15.0 Å². The number of esters is 1.